The second-order valence-corrected chi connectivity index (χ2v) is 4.72. The van der Waals surface area contributed by atoms with Crippen molar-refractivity contribution in [3.8, 4) is 0 Å². The molecule has 0 radical (unpaired) electrons. The Balaban J connectivity index is 1.56. The van der Waals surface area contributed by atoms with Gasteiger partial charge in [0.25, 0.3) is 0 Å². The third-order valence-corrected chi connectivity index (χ3v) is 3.24. The molecule has 1 aromatic carbocycles. The number of hydrogen-bond acceptors (Lipinski definition) is 3. The molecular formula is C14H20N2O2. The molecule has 2 unspecified atom stereocenters. The molecule has 1 aliphatic heterocycles. The molecule has 1 saturated heterocycles. The topological polar surface area (TPSA) is 61.4 Å². The van der Waals surface area contributed by atoms with Gasteiger partial charge in [-0.05, 0) is 24.8 Å². The number of aliphatic hydroxyl groups excluding tert-OH is 1. The molecule has 1 fully saturated rings. The van der Waals surface area contributed by atoms with Crippen LogP contribution in [0.5, 0.6) is 0 Å². The molecule has 0 spiro atoms. The van der Waals surface area contributed by atoms with E-state index in [0.717, 1.165) is 19.3 Å². The summed E-state index contributed by atoms with van der Waals surface area (Å²) < 4.78 is 0. The van der Waals surface area contributed by atoms with E-state index in [9.17, 15) is 9.90 Å². The van der Waals surface area contributed by atoms with Crippen molar-refractivity contribution in [2.45, 2.75) is 38.0 Å². The average Bonchev–Trinajstić information content (AvgIpc) is 2.40. The van der Waals surface area contributed by atoms with Crippen LogP contribution in [-0.4, -0.2) is 29.8 Å². The molecule has 0 saturated carbocycles. The van der Waals surface area contributed by atoms with E-state index in [1.165, 1.54) is 5.56 Å². The molecule has 2 rings (SSSR count). The first-order valence-corrected chi connectivity index (χ1v) is 6.50. The molecule has 98 valence electrons. The highest BCUT2D eigenvalue weighted by Crippen LogP contribution is 2.07. The third-order valence-electron chi connectivity index (χ3n) is 3.24. The monoisotopic (exact) mass is 248 g/mol. The van der Waals surface area contributed by atoms with Crippen LogP contribution in [0.3, 0.4) is 0 Å². The van der Waals surface area contributed by atoms with E-state index in [-0.39, 0.29) is 11.9 Å². The molecule has 1 heterocycles. The van der Waals surface area contributed by atoms with Crippen molar-refractivity contribution in [1.82, 2.24) is 10.6 Å². The number of aryl methyl sites for hydroxylation is 1. The fourth-order valence-electron chi connectivity index (χ4n) is 2.01. The van der Waals surface area contributed by atoms with Crippen molar-refractivity contribution in [2.75, 3.05) is 6.54 Å². The molecule has 4 heteroatoms. The number of amides is 1. The lowest BCUT2D eigenvalue weighted by atomic mass is 10.1. The Morgan fingerprint density at radius 3 is 2.72 bits per heavy atom. The highest BCUT2D eigenvalue weighted by atomic mass is 16.3. The van der Waals surface area contributed by atoms with Gasteiger partial charge in [-0.15, -0.1) is 0 Å². The summed E-state index contributed by atoms with van der Waals surface area (Å²) in [5.41, 5.74) is 1.32. The van der Waals surface area contributed by atoms with Crippen LogP contribution >= 0.6 is 0 Å². The zero-order valence-electron chi connectivity index (χ0n) is 10.4. The summed E-state index contributed by atoms with van der Waals surface area (Å²) in [6.07, 6.45) is 2.88. The summed E-state index contributed by atoms with van der Waals surface area (Å²) in [6, 6.07) is 10.2. The lowest BCUT2D eigenvalue weighted by Gasteiger charge is -2.34. The molecule has 0 bridgehead atoms. The molecule has 3 N–H and O–H groups in total. The minimum Gasteiger partial charge on any atom is -0.376 e. The van der Waals surface area contributed by atoms with Gasteiger partial charge in [0.2, 0.25) is 5.91 Å². The lowest BCUT2D eigenvalue weighted by Crippen LogP contribution is -2.64. The van der Waals surface area contributed by atoms with E-state index in [1.54, 1.807) is 0 Å². The van der Waals surface area contributed by atoms with Crippen LogP contribution in [0.1, 0.15) is 24.8 Å². The van der Waals surface area contributed by atoms with E-state index in [1.807, 2.05) is 18.2 Å². The predicted octanol–water partition coefficient (Wildman–Crippen LogP) is 0.806. The Hall–Kier alpha value is -1.39. The number of hydrogen-bond donors (Lipinski definition) is 3. The Morgan fingerprint density at radius 1 is 1.33 bits per heavy atom. The van der Waals surface area contributed by atoms with Gasteiger partial charge in [-0.3, -0.25) is 10.1 Å². The van der Waals surface area contributed by atoms with Crippen molar-refractivity contribution >= 4 is 5.91 Å². The van der Waals surface area contributed by atoms with E-state index < -0.39 is 6.23 Å². The van der Waals surface area contributed by atoms with Crippen LogP contribution in [0.25, 0.3) is 0 Å². The third kappa shape index (κ3) is 3.82. The Kier molecular flexibility index (Phi) is 4.73. The van der Waals surface area contributed by atoms with Gasteiger partial charge in [0.05, 0.1) is 6.04 Å². The van der Waals surface area contributed by atoms with Crippen molar-refractivity contribution in [2.24, 2.45) is 0 Å². The van der Waals surface area contributed by atoms with Gasteiger partial charge >= 0.3 is 0 Å². The molecule has 0 aromatic heterocycles. The van der Waals surface area contributed by atoms with Gasteiger partial charge < -0.3 is 10.4 Å². The van der Waals surface area contributed by atoms with E-state index in [4.69, 9.17) is 0 Å². The van der Waals surface area contributed by atoms with Crippen molar-refractivity contribution in [1.29, 1.82) is 0 Å². The van der Waals surface area contributed by atoms with Crippen molar-refractivity contribution in [3.63, 3.8) is 0 Å². The number of benzene rings is 1. The molecule has 1 amide bonds. The first-order chi connectivity index (χ1) is 8.75. The quantitative estimate of drug-likeness (QED) is 0.653. The largest absolute Gasteiger partial charge is 0.376 e. The normalized spacial score (nSPS) is 22.3. The number of aliphatic hydroxyl groups is 1. The van der Waals surface area contributed by atoms with Crippen LogP contribution < -0.4 is 10.6 Å². The summed E-state index contributed by atoms with van der Waals surface area (Å²) in [5, 5.41) is 14.9. The zero-order chi connectivity index (χ0) is 12.8. The molecule has 2 atom stereocenters. The maximum Gasteiger partial charge on any atom is 0.220 e. The fourth-order valence-corrected chi connectivity index (χ4v) is 2.01. The standard InChI is InChI=1S/C14H20N2O2/c17-13(16-12-10-15-14(12)18)9-5-4-8-11-6-2-1-3-7-11/h1-3,6-7,12,14-15,18H,4-5,8-10H2,(H,16,17). The maximum absolute atomic E-state index is 11.6. The predicted molar refractivity (Wildman–Crippen MR) is 69.9 cm³/mol. The molecular weight excluding hydrogens is 228 g/mol. The summed E-state index contributed by atoms with van der Waals surface area (Å²) in [4.78, 5) is 11.6. The summed E-state index contributed by atoms with van der Waals surface area (Å²) in [7, 11) is 0. The fraction of sp³-hybridized carbons (Fsp3) is 0.500. The maximum atomic E-state index is 11.6. The number of rotatable bonds is 6. The Bertz CT molecular complexity index is 381. The number of nitrogens with one attached hydrogen (secondary N) is 2. The minimum atomic E-state index is -0.571. The Labute approximate surface area is 107 Å². The van der Waals surface area contributed by atoms with Gasteiger partial charge in [0.1, 0.15) is 6.23 Å². The van der Waals surface area contributed by atoms with Gasteiger partial charge in [0, 0.05) is 13.0 Å². The van der Waals surface area contributed by atoms with Crippen LogP contribution in [0.2, 0.25) is 0 Å². The van der Waals surface area contributed by atoms with E-state index in [0.29, 0.717) is 13.0 Å². The van der Waals surface area contributed by atoms with Crippen LogP contribution in [-0.2, 0) is 11.2 Å². The number of carbonyl (C=O) groups excluding carboxylic acids is 1. The van der Waals surface area contributed by atoms with E-state index in [2.05, 4.69) is 22.8 Å². The first kappa shape index (κ1) is 13.1. The van der Waals surface area contributed by atoms with E-state index >= 15 is 0 Å². The minimum absolute atomic E-state index is 0.0358. The number of carbonyl (C=O) groups is 1. The first-order valence-electron chi connectivity index (χ1n) is 6.50. The van der Waals surface area contributed by atoms with Crippen LogP contribution in [0.15, 0.2) is 30.3 Å². The SMILES string of the molecule is O=C(CCCCc1ccccc1)NC1CNC1O. The van der Waals surface area contributed by atoms with Gasteiger partial charge in [0.15, 0.2) is 0 Å². The van der Waals surface area contributed by atoms with Crippen LogP contribution in [0.4, 0.5) is 0 Å². The van der Waals surface area contributed by atoms with Gasteiger partial charge in [-0.1, -0.05) is 30.3 Å². The summed E-state index contributed by atoms with van der Waals surface area (Å²) in [5.74, 6) is 0.0358. The molecule has 18 heavy (non-hydrogen) atoms. The Morgan fingerprint density at radius 2 is 2.11 bits per heavy atom. The second kappa shape index (κ2) is 6.52. The van der Waals surface area contributed by atoms with Crippen molar-refractivity contribution < 1.29 is 9.90 Å². The zero-order valence-corrected chi connectivity index (χ0v) is 10.4. The summed E-state index contributed by atoms with van der Waals surface area (Å²) in [6.45, 7) is 0.664. The lowest BCUT2D eigenvalue weighted by molar-refractivity contribution is -0.124. The van der Waals surface area contributed by atoms with Gasteiger partial charge in [-0.2, -0.15) is 0 Å². The van der Waals surface area contributed by atoms with Crippen LogP contribution in [0, 0.1) is 0 Å². The smallest absolute Gasteiger partial charge is 0.220 e. The molecule has 1 aromatic rings. The average molecular weight is 248 g/mol. The summed E-state index contributed by atoms with van der Waals surface area (Å²) >= 11 is 0. The van der Waals surface area contributed by atoms with Crippen molar-refractivity contribution in [3.05, 3.63) is 35.9 Å². The molecule has 4 nitrogen and oxygen atoms in total. The number of unbranched alkanes of at least 4 members (excludes halogenated alkanes) is 1. The molecule has 1 aliphatic rings. The second-order valence-electron chi connectivity index (χ2n) is 4.72. The highest BCUT2D eigenvalue weighted by Gasteiger charge is 2.28. The van der Waals surface area contributed by atoms with Gasteiger partial charge in [-0.25, -0.2) is 0 Å². The highest BCUT2D eigenvalue weighted by molar-refractivity contribution is 5.76. The molecule has 0 aliphatic carbocycles.